The van der Waals surface area contributed by atoms with Crippen LogP contribution in [0.4, 0.5) is 0 Å². The Morgan fingerprint density at radius 2 is 1.92 bits per heavy atom. The number of rotatable bonds is 0. The van der Waals surface area contributed by atoms with Gasteiger partial charge in [0.25, 0.3) is 0 Å². The summed E-state index contributed by atoms with van der Waals surface area (Å²) in [7, 11) is 0. The van der Waals surface area contributed by atoms with Crippen molar-refractivity contribution in [1.29, 1.82) is 0 Å². The minimum Gasteiger partial charge on any atom is -0.308 e. The predicted octanol–water partition coefficient (Wildman–Crippen LogP) is 1.69. The molecule has 2 aliphatic heterocycles. The Kier molecular flexibility index (Phi) is 7.34. The van der Waals surface area contributed by atoms with Gasteiger partial charge in [-0.25, -0.2) is 0 Å². The van der Waals surface area contributed by atoms with Gasteiger partial charge in [0.05, 0.1) is 0 Å². The molecule has 0 aromatic rings. The van der Waals surface area contributed by atoms with Crippen molar-refractivity contribution in [3.05, 3.63) is 0 Å². The highest BCUT2D eigenvalue weighted by atomic mass is 32.2. The van der Waals surface area contributed by atoms with Gasteiger partial charge in [-0.15, -0.1) is 11.8 Å². The molecule has 0 unspecified atom stereocenters. The average molecular weight is 206 g/mol. The SMILES string of the molecule is C1CCSNC1.C1CNCSC1. The summed E-state index contributed by atoms with van der Waals surface area (Å²) in [5.41, 5.74) is 0. The van der Waals surface area contributed by atoms with Crippen LogP contribution in [0.3, 0.4) is 0 Å². The zero-order valence-electron chi connectivity index (χ0n) is 7.47. The minimum atomic E-state index is 1.17. The number of nitrogens with one attached hydrogen (secondary N) is 2. The summed E-state index contributed by atoms with van der Waals surface area (Å²) < 4.78 is 3.20. The van der Waals surface area contributed by atoms with Crippen molar-refractivity contribution < 1.29 is 0 Å². The molecule has 0 amide bonds. The molecule has 2 N–H and O–H groups in total. The number of hydrogen-bond donors (Lipinski definition) is 2. The Balaban J connectivity index is 0.000000120. The molecule has 72 valence electrons. The first-order chi connectivity index (χ1) is 6.00. The maximum absolute atomic E-state index is 3.25. The standard InChI is InChI=1S/2C4H9NS/c1-2-5-4-6-3-1;1-2-4-6-5-3-1/h2*5H,1-4H2. The summed E-state index contributed by atoms with van der Waals surface area (Å²) in [6.45, 7) is 2.44. The lowest BCUT2D eigenvalue weighted by Crippen LogP contribution is -2.19. The molecule has 2 nitrogen and oxygen atoms in total. The summed E-state index contributed by atoms with van der Waals surface area (Å²) in [6.07, 6.45) is 4.12. The normalized spacial score (nSPS) is 24.0. The van der Waals surface area contributed by atoms with E-state index in [0.29, 0.717) is 0 Å². The largest absolute Gasteiger partial charge is 0.308 e. The van der Waals surface area contributed by atoms with Crippen LogP contribution in [0.5, 0.6) is 0 Å². The third-order valence-electron chi connectivity index (χ3n) is 1.72. The van der Waals surface area contributed by atoms with Gasteiger partial charge in [-0.05, 0) is 31.6 Å². The maximum atomic E-state index is 3.25. The van der Waals surface area contributed by atoms with Crippen LogP contribution in [0.2, 0.25) is 0 Å². The minimum absolute atomic E-state index is 1.17. The molecular formula is C8H18N2S2. The third kappa shape index (κ3) is 6.17. The van der Waals surface area contributed by atoms with E-state index in [4.69, 9.17) is 0 Å². The molecule has 2 rings (SSSR count). The van der Waals surface area contributed by atoms with Crippen molar-refractivity contribution >= 4 is 23.7 Å². The van der Waals surface area contributed by atoms with Gasteiger partial charge in [0.2, 0.25) is 0 Å². The molecule has 0 atom stereocenters. The Labute approximate surface area is 83.8 Å². The summed E-state index contributed by atoms with van der Waals surface area (Å²) in [4.78, 5) is 0. The van der Waals surface area contributed by atoms with Gasteiger partial charge in [0.1, 0.15) is 0 Å². The lowest BCUT2D eigenvalue weighted by molar-refractivity contribution is 0.740. The number of thioether (sulfide) groups is 1. The zero-order chi connectivity index (χ0) is 8.49. The molecule has 0 bridgehead atoms. The highest BCUT2D eigenvalue weighted by molar-refractivity contribution is 7.99. The van der Waals surface area contributed by atoms with Crippen LogP contribution in [0, 0.1) is 0 Å². The van der Waals surface area contributed by atoms with Crippen LogP contribution in [-0.4, -0.2) is 30.5 Å². The van der Waals surface area contributed by atoms with E-state index < -0.39 is 0 Å². The fourth-order valence-corrected chi connectivity index (χ4v) is 2.59. The van der Waals surface area contributed by atoms with E-state index in [1.54, 1.807) is 0 Å². The fraction of sp³-hybridized carbons (Fsp3) is 1.00. The van der Waals surface area contributed by atoms with Crippen molar-refractivity contribution in [2.45, 2.75) is 19.3 Å². The van der Waals surface area contributed by atoms with Crippen LogP contribution in [0.1, 0.15) is 19.3 Å². The molecule has 2 heterocycles. The number of hydrogen-bond acceptors (Lipinski definition) is 4. The average Bonchev–Trinajstić information content (AvgIpc) is 2.24. The molecule has 0 aliphatic carbocycles. The van der Waals surface area contributed by atoms with Crippen molar-refractivity contribution in [2.75, 3.05) is 30.5 Å². The van der Waals surface area contributed by atoms with E-state index in [9.17, 15) is 0 Å². The first-order valence-electron chi connectivity index (χ1n) is 4.63. The van der Waals surface area contributed by atoms with Crippen LogP contribution < -0.4 is 10.0 Å². The van der Waals surface area contributed by atoms with Gasteiger partial charge in [0, 0.05) is 18.2 Å². The molecule has 2 aliphatic rings. The van der Waals surface area contributed by atoms with Crippen molar-refractivity contribution in [1.82, 2.24) is 10.0 Å². The smallest absolute Gasteiger partial charge is 0.0417 e. The molecule has 0 aromatic heterocycles. The molecule has 0 spiro atoms. The van der Waals surface area contributed by atoms with E-state index in [-0.39, 0.29) is 0 Å². The molecule has 0 aromatic carbocycles. The second-order valence-corrected chi connectivity index (χ2v) is 4.95. The Hall–Kier alpha value is 0.620. The van der Waals surface area contributed by atoms with E-state index in [0.717, 1.165) is 0 Å². The molecule has 12 heavy (non-hydrogen) atoms. The summed E-state index contributed by atoms with van der Waals surface area (Å²) >= 11 is 3.83. The van der Waals surface area contributed by atoms with E-state index in [1.807, 2.05) is 23.7 Å². The van der Waals surface area contributed by atoms with Gasteiger partial charge >= 0.3 is 0 Å². The van der Waals surface area contributed by atoms with E-state index in [2.05, 4.69) is 10.0 Å². The fourth-order valence-electron chi connectivity index (χ4n) is 1.03. The summed E-state index contributed by atoms with van der Waals surface area (Å²) in [5, 5.41) is 3.25. The van der Waals surface area contributed by atoms with Crippen LogP contribution >= 0.6 is 23.7 Å². The molecule has 2 saturated heterocycles. The third-order valence-corrected chi connectivity index (χ3v) is 3.61. The van der Waals surface area contributed by atoms with Gasteiger partial charge < -0.3 is 5.32 Å². The second kappa shape index (κ2) is 8.23. The molecule has 0 radical (unpaired) electrons. The monoisotopic (exact) mass is 206 g/mol. The van der Waals surface area contributed by atoms with E-state index in [1.165, 1.54) is 49.7 Å². The van der Waals surface area contributed by atoms with Crippen molar-refractivity contribution in [3.8, 4) is 0 Å². The Morgan fingerprint density at radius 1 is 0.917 bits per heavy atom. The lowest BCUT2D eigenvalue weighted by atomic mass is 10.3. The highest BCUT2D eigenvalue weighted by Gasteiger charge is 1.94. The summed E-state index contributed by atoms with van der Waals surface area (Å²) in [5.74, 6) is 3.83. The lowest BCUT2D eigenvalue weighted by Gasteiger charge is -2.08. The van der Waals surface area contributed by atoms with Gasteiger partial charge in [-0.3, -0.25) is 4.72 Å². The van der Waals surface area contributed by atoms with Crippen LogP contribution in [-0.2, 0) is 0 Å². The van der Waals surface area contributed by atoms with Crippen LogP contribution in [0.25, 0.3) is 0 Å². The quantitative estimate of drug-likeness (QED) is 0.589. The van der Waals surface area contributed by atoms with Gasteiger partial charge in [-0.1, -0.05) is 11.9 Å². The first kappa shape index (κ1) is 10.7. The topological polar surface area (TPSA) is 24.1 Å². The van der Waals surface area contributed by atoms with Crippen LogP contribution in [0.15, 0.2) is 0 Å². The first-order valence-corrected chi connectivity index (χ1v) is 6.77. The maximum Gasteiger partial charge on any atom is 0.0417 e. The predicted molar refractivity (Wildman–Crippen MR) is 59.6 cm³/mol. The molecular weight excluding hydrogens is 188 g/mol. The van der Waals surface area contributed by atoms with Gasteiger partial charge in [0.15, 0.2) is 0 Å². The molecule has 4 heteroatoms. The van der Waals surface area contributed by atoms with Gasteiger partial charge in [-0.2, -0.15) is 0 Å². The zero-order valence-corrected chi connectivity index (χ0v) is 9.11. The molecule has 2 fully saturated rings. The van der Waals surface area contributed by atoms with E-state index >= 15 is 0 Å². The second-order valence-electron chi connectivity index (χ2n) is 2.86. The molecule has 0 saturated carbocycles. The summed E-state index contributed by atoms with van der Waals surface area (Å²) in [6, 6.07) is 0. The van der Waals surface area contributed by atoms with Crippen molar-refractivity contribution in [2.24, 2.45) is 0 Å². The van der Waals surface area contributed by atoms with Crippen molar-refractivity contribution in [3.63, 3.8) is 0 Å². The Bertz CT molecular complexity index is 58.0. The Morgan fingerprint density at radius 3 is 2.08 bits per heavy atom. The highest BCUT2D eigenvalue weighted by Crippen LogP contribution is 2.04.